The molecule has 0 bridgehead atoms. The van der Waals surface area contributed by atoms with Crippen molar-refractivity contribution in [1.82, 2.24) is 9.97 Å². The quantitative estimate of drug-likeness (QED) is 0.694. The number of rotatable bonds is 3. The molecule has 0 aliphatic carbocycles. The van der Waals surface area contributed by atoms with Gasteiger partial charge in [-0.2, -0.15) is 0 Å². The Bertz CT molecular complexity index is 774. The Labute approximate surface area is 136 Å². The van der Waals surface area contributed by atoms with E-state index in [1.807, 2.05) is 36.4 Å². The van der Waals surface area contributed by atoms with Crippen molar-refractivity contribution in [3.8, 4) is 0 Å². The zero-order chi connectivity index (χ0) is 14.8. The van der Waals surface area contributed by atoms with Crippen LogP contribution in [0.1, 0.15) is 18.5 Å². The van der Waals surface area contributed by atoms with Crippen LogP contribution in [0, 0.1) is 0 Å². The summed E-state index contributed by atoms with van der Waals surface area (Å²) in [4.78, 5) is 8.79. The van der Waals surface area contributed by atoms with Gasteiger partial charge in [0.25, 0.3) is 0 Å². The molecule has 0 saturated carbocycles. The molecular formula is C16H13BrClN3. The normalized spacial score (nSPS) is 12.3. The van der Waals surface area contributed by atoms with Crippen LogP contribution in [0.3, 0.4) is 0 Å². The highest BCUT2D eigenvalue weighted by atomic mass is 79.9. The number of hydrogen-bond acceptors (Lipinski definition) is 3. The van der Waals surface area contributed by atoms with Crippen molar-refractivity contribution in [3.63, 3.8) is 0 Å². The fraction of sp³-hybridized carbons (Fsp3) is 0.125. The van der Waals surface area contributed by atoms with E-state index in [0.717, 1.165) is 26.2 Å². The Kier molecular flexibility index (Phi) is 4.08. The second-order valence-corrected chi connectivity index (χ2v) is 6.15. The van der Waals surface area contributed by atoms with Crippen molar-refractivity contribution >= 4 is 44.3 Å². The predicted octanol–water partition coefficient (Wildman–Crippen LogP) is 5.22. The van der Waals surface area contributed by atoms with Gasteiger partial charge in [-0.3, -0.25) is 9.97 Å². The molecule has 0 aliphatic heterocycles. The molecule has 1 aromatic carbocycles. The van der Waals surface area contributed by atoms with E-state index in [0.29, 0.717) is 0 Å². The van der Waals surface area contributed by atoms with Crippen LogP contribution in [0.4, 0.5) is 5.69 Å². The van der Waals surface area contributed by atoms with Gasteiger partial charge in [-0.05, 0) is 52.7 Å². The Hall–Kier alpha value is -1.65. The minimum Gasteiger partial charge on any atom is -0.377 e. The molecule has 1 N–H and O–H groups in total. The summed E-state index contributed by atoms with van der Waals surface area (Å²) in [7, 11) is 0. The molecule has 3 rings (SSSR count). The highest BCUT2D eigenvalue weighted by molar-refractivity contribution is 9.10. The molecule has 1 atom stereocenters. The van der Waals surface area contributed by atoms with E-state index in [-0.39, 0.29) is 6.04 Å². The average Bonchev–Trinajstić information content (AvgIpc) is 2.47. The van der Waals surface area contributed by atoms with E-state index in [1.165, 1.54) is 5.56 Å². The van der Waals surface area contributed by atoms with Crippen molar-refractivity contribution in [3.05, 3.63) is 63.9 Å². The number of fused-ring (bicyclic) bond motifs is 1. The molecule has 2 aromatic heterocycles. The zero-order valence-corrected chi connectivity index (χ0v) is 13.7. The number of nitrogens with one attached hydrogen (secondary N) is 1. The molecular weight excluding hydrogens is 350 g/mol. The number of aromatic nitrogens is 2. The van der Waals surface area contributed by atoms with E-state index in [2.05, 4.69) is 38.1 Å². The summed E-state index contributed by atoms with van der Waals surface area (Å²) < 4.78 is 0.922. The molecule has 3 nitrogen and oxygen atoms in total. The first-order chi connectivity index (χ1) is 10.1. The van der Waals surface area contributed by atoms with E-state index in [1.54, 1.807) is 12.4 Å². The maximum absolute atomic E-state index is 5.93. The fourth-order valence-corrected chi connectivity index (χ4v) is 2.64. The Balaban J connectivity index is 1.92. The van der Waals surface area contributed by atoms with Gasteiger partial charge in [-0.25, -0.2) is 0 Å². The molecule has 3 aromatic rings. The number of nitrogens with zero attached hydrogens (tertiary/aromatic N) is 2. The highest BCUT2D eigenvalue weighted by Crippen LogP contribution is 2.26. The average molecular weight is 363 g/mol. The maximum atomic E-state index is 5.93. The van der Waals surface area contributed by atoms with Crippen molar-refractivity contribution in [2.45, 2.75) is 13.0 Å². The largest absolute Gasteiger partial charge is 0.377 e. The SMILES string of the molecule is CC(Nc1ccnc2cc(Br)cnc12)c1ccc(Cl)cc1. The molecule has 0 saturated heterocycles. The third-order valence-corrected chi connectivity index (χ3v) is 3.97. The lowest BCUT2D eigenvalue weighted by atomic mass is 10.1. The summed E-state index contributed by atoms with van der Waals surface area (Å²) >= 11 is 9.34. The molecule has 0 aliphatic rings. The van der Waals surface area contributed by atoms with Gasteiger partial charge in [0.1, 0.15) is 5.52 Å². The van der Waals surface area contributed by atoms with Crippen LogP contribution < -0.4 is 5.32 Å². The first kappa shape index (κ1) is 14.3. The van der Waals surface area contributed by atoms with Crippen molar-refractivity contribution in [2.24, 2.45) is 0 Å². The molecule has 5 heteroatoms. The van der Waals surface area contributed by atoms with Gasteiger partial charge >= 0.3 is 0 Å². The summed E-state index contributed by atoms with van der Waals surface area (Å²) in [5.74, 6) is 0. The number of hydrogen-bond donors (Lipinski definition) is 1. The summed E-state index contributed by atoms with van der Waals surface area (Å²) in [6, 6.07) is 11.9. The van der Waals surface area contributed by atoms with E-state index in [9.17, 15) is 0 Å². The molecule has 21 heavy (non-hydrogen) atoms. The number of benzene rings is 1. The Morgan fingerprint density at radius 3 is 2.67 bits per heavy atom. The first-order valence-corrected chi connectivity index (χ1v) is 7.73. The van der Waals surface area contributed by atoms with Crippen molar-refractivity contribution in [2.75, 3.05) is 5.32 Å². The Morgan fingerprint density at radius 1 is 1.14 bits per heavy atom. The second kappa shape index (κ2) is 6.00. The van der Waals surface area contributed by atoms with Gasteiger partial charge in [0, 0.05) is 27.9 Å². The van der Waals surface area contributed by atoms with Crippen LogP contribution in [0.15, 0.2) is 53.3 Å². The lowest BCUT2D eigenvalue weighted by Crippen LogP contribution is -2.07. The summed E-state index contributed by atoms with van der Waals surface area (Å²) in [5.41, 5.74) is 3.86. The highest BCUT2D eigenvalue weighted by Gasteiger charge is 2.09. The summed E-state index contributed by atoms with van der Waals surface area (Å²) in [6.07, 6.45) is 3.56. The van der Waals surface area contributed by atoms with E-state index in [4.69, 9.17) is 11.6 Å². The van der Waals surface area contributed by atoms with Crippen LogP contribution in [0.25, 0.3) is 11.0 Å². The molecule has 1 unspecified atom stereocenters. The minimum atomic E-state index is 0.151. The van der Waals surface area contributed by atoms with Crippen LogP contribution >= 0.6 is 27.5 Å². The monoisotopic (exact) mass is 361 g/mol. The third kappa shape index (κ3) is 3.17. The lowest BCUT2D eigenvalue weighted by Gasteiger charge is -2.16. The molecule has 2 heterocycles. The topological polar surface area (TPSA) is 37.8 Å². The third-order valence-electron chi connectivity index (χ3n) is 3.29. The molecule has 0 radical (unpaired) electrons. The molecule has 0 amide bonds. The van der Waals surface area contributed by atoms with Crippen molar-refractivity contribution < 1.29 is 0 Å². The maximum Gasteiger partial charge on any atom is 0.112 e. The standard InChI is InChI=1S/C16H13BrClN3/c1-10(11-2-4-13(18)5-3-11)21-14-6-7-19-15-8-12(17)9-20-16(14)15/h2-10H,1H3,(H,19,21). The molecule has 0 spiro atoms. The van der Waals surface area contributed by atoms with Gasteiger partial charge in [0.15, 0.2) is 0 Å². The van der Waals surface area contributed by atoms with Crippen LogP contribution in [-0.4, -0.2) is 9.97 Å². The summed E-state index contributed by atoms with van der Waals surface area (Å²) in [6.45, 7) is 2.11. The van der Waals surface area contributed by atoms with Crippen LogP contribution in [0.5, 0.6) is 0 Å². The van der Waals surface area contributed by atoms with Gasteiger partial charge in [0.05, 0.1) is 11.2 Å². The van der Waals surface area contributed by atoms with Gasteiger partial charge in [-0.15, -0.1) is 0 Å². The van der Waals surface area contributed by atoms with Crippen molar-refractivity contribution in [1.29, 1.82) is 0 Å². The molecule has 106 valence electrons. The summed E-state index contributed by atoms with van der Waals surface area (Å²) in [5, 5.41) is 4.22. The second-order valence-electron chi connectivity index (χ2n) is 4.80. The van der Waals surface area contributed by atoms with Crippen LogP contribution in [0.2, 0.25) is 5.02 Å². The minimum absolute atomic E-state index is 0.151. The molecule has 0 fully saturated rings. The first-order valence-electron chi connectivity index (χ1n) is 6.56. The van der Waals surface area contributed by atoms with E-state index >= 15 is 0 Å². The smallest absolute Gasteiger partial charge is 0.112 e. The zero-order valence-electron chi connectivity index (χ0n) is 11.3. The van der Waals surface area contributed by atoms with E-state index < -0.39 is 0 Å². The fourth-order valence-electron chi connectivity index (χ4n) is 2.19. The number of anilines is 1. The van der Waals surface area contributed by atoms with Gasteiger partial charge in [-0.1, -0.05) is 23.7 Å². The van der Waals surface area contributed by atoms with Gasteiger partial charge in [0.2, 0.25) is 0 Å². The van der Waals surface area contributed by atoms with Crippen LogP contribution in [-0.2, 0) is 0 Å². The predicted molar refractivity (Wildman–Crippen MR) is 90.7 cm³/mol. The number of pyridine rings is 2. The lowest BCUT2D eigenvalue weighted by molar-refractivity contribution is 0.885. The number of halogens is 2. The van der Waals surface area contributed by atoms with Gasteiger partial charge < -0.3 is 5.32 Å². The Morgan fingerprint density at radius 2 is 1.90 bits per heavy atom.